The summed E-state index contributed by atoms with van der Waals surface area (Å²) in [6.07, 6.45) is 1.31. The van der Waals surface area contributed by atoms with E-state index in [0.717, 1.165) is 15.6 Å². The molecule has 0 aliphatic rings. The number of aromatic nitrogens is 3. The van der Waals surface area contributed by atoms with Gasteiger partial charge in [-0.15, -0.1) is 0 Å². The predicted molar refractivity (Wildman–Crippen MR) is 98.5 cm³/mol. The number of benzene rings is 2. The van der Waals surface area contributed by atoms with Gasteiger partial charge in [-0.25, -0.2) is 9.37 Å². The minimum atomic E-state index is -0.409. The Kier molecular flexibility index (Phi) is 3.76. The number of rotatable bonds is 3. The lowest BCUT2D eigenvalue weighted by molar-refractivity contribution is 0.415. The summed E-state index contributed by atoms with van der Waals surface area (Å²) in [6.45, 7) is 1.68. The lowest BCUT2D eigenvalue weighted by Crippen LogP contribution is -2.20. The van der Waals surface area contributed by atoms with Crippen molar-refractivity contribution in [1.29, 1.82) is 0 Å². The van der Waals surface area contributed by atoms with Gasteiger partial charge in [0.2, 0.25) is 0 Å². The molecular weight excluding hydrogens is 335 g/mol. The maximum absolute atomic E-state index is 13.7. The van der Waals surface area contributed by atoms with E-state index in [1.165, 1.54) is 12.3 Å². The predicted octanol–water partition coefficient (Wildman–Crippen LogP) is 3.22. The van der Waals surface area contributed by atoms with Gasteiger partial charge in [0, 0.05) is 16.5 Å². The van der Waals surface area contributed by atoms with Crippen LogP contribution in [0.1, 0.15) is 11.4 Å². The van der Waals surface area contributed by atoms with Crippen LogP contribution in [-0.4, -0.2) is 28.0 Å². The SMILES string of the molecule is COc1ccc2[nH]c3c(=O)n(N=Cc4ccccc4F)c(C)nc3c2c1. The van der Waals surface area contributed by atoms with Gasteiger partial charge < -0.3 is 9.72 Å². The fraction of sp³-hybridized carbons (Fsp3) is 0.105. The van der Waals surface area contributed by atoms with Crippen LogP contribution in [0.2, 0.25) is 0 Å². The van der Waals surface area contributed by atoms with E-state index in [1.54, 1.807) is 38.3 Å². The highest BCUT2D eigenvalue weighted by Crippen LogP contribution is 2.26. The highest BCUT2D eigenvalue weighted by atomic mass is 19.1. The summed E-state index contributed by atoms with van der Waals surface area (Å²) in [6, 6.07) is 11.7. The molecule has 1 N–H and O–H groups in total. The van der Waals surface area contributed by atoms with Gasteiger partial charge in [-0.2, -0.15) is 9.78 Å². The average molecular weight is 350 g/mol. The Morgan fingerprint density at radius 3 is 2.85 bits per heavy atom. The zero-order chi connectivity index (χ0) is 18.3. The number of nitrogens with one attached hydrogen (secondary N) is 1. The second-order valence-corrected chi connectivity index (χ2v) is 5.80. The number of aryl methyl sites for hydroxylation is 1. The summed E-state index contributed by atoms with van der Waals surface area (Å²) >= 11 is 0. The van der Waals surface area contributed by atoms with Crippen LogP contribution in [-0.2, 0) is 0 Å². The van der Waals surface area contributed by atoms with Crippen molar-refractivity contribution in [3.63, 3.8) is 0 Å². The maximum atomic E-state index is 13.7. The molecule has 4 aromatic rings. The van der Waals surface area contributed by atoms with Gasteiger partial charge >= 0.3 is 0 Å². The molecule has 0 bridgehead atoms. The molecule has 0 spiro atoms. The van der Waals surface area contributed by atoms with Gasteiger partial charge in [-0.1, -0.05) is 18.2 Å². The molecule has 2 heterocycles. The Bertz CT molecular complexity index is 1220. The van der Waals surface area contributed by atoms with Crippen molar-refractivity contribution >= 4 is 28.2 Å². The zero-order valence-electron chi connectivity index (χ0n) is 14.2. The molecule has 0 radical (unpaired) electrons. The molecule has 0 atom stereocenters. The summed E-state index contributed by atoms with van der Waals surface area (Å²) in [5.74, 6) is 0.673. The summed E-state index contributed by atoms with van der Waals surface area (Å²) in [7, 11) is 1.58. The molecule has 0 unspecified atom stereocenters. The van der Waals surface area contributed by atoms with Crippen molar-refractivity contribution in [3.05, 3.63) is 70.0 Å². The molecule has 130 valence electrons. The van der Waals surface area contributed by atoms with Gasteiger partial charge in [-0.05, 0) is 31.2 Å². The Labute approximate surface area is 147 Å². The van der Waals surface area contributed by atoms with Crippen LogP contribution in [0.4, 0.5) is 4.39 Å². The van der Waals surface area contributed by atoms with E-state index >= 15 is 0 Å². The Morgan fingerprint density at radius 2 is 2.08 bits per heavy atom. The molecule has 0 saturated heterocycles. The average Bonchev–Trinajstić information content (AvgIpc) is 3.01. The van der Waals surface area contributed by atoms with Crippen molar-refractivity contribution < 1.29 is 9.13 Å². The smallest absolute Gasteiger partial charge is 0.298 e. The zero-order valence-corrected chi connectivity index (χ0v) is 14.2. The van der Waals surface area contributed by atoms with Crippen LogP contribution in [0.5, 0.6) is 5.75 Å². The topological polar surface area (TPSA) is 72.3 Å². The molecule has 4 rings (SSSR count). The first-order valence-corrected chi connectivity index (χ1v) is 7.96. The van der Waals surface area contributed by atoms with Gasteiger partial charge in [0.05, 0.1) is 13.3 Å². The first-order chi connectivity index (χ1) is 12.6. The van der Waals surface area contributed by atoms with Crippen LogP contribution < -0.4 is 10.3 Å². The van der Waals surface area contributed by atoms with E-state index in [2.05, 4.69) is 15.1 Å². The van der Waals surface area contributed by atoms with E-state index in [1.807, 2.05) is 12.1 Å². The molecule has 7 heteroatoms. The fourth-order valence-corrected chi connectivity index (χ4v) is 2.85. The van der Waals surface area contributed by atoms with E-state index in [4.69, 9.17) is 4.74 Å². The molecular formula is C19H15FN4O2. The Balaban J connectivity index is 1.90. The van der Waals surface area contributed by atoms with E-state index in [-0.39, 0.29) is 5.56 Å². The van der Waals surface area contributed by atoms with E-state index in [0.29, 0.717) is 28.2 Å². The van der Waals surface area contributed by atoms with Crippen LogP contribution in [0.15, 0.2) is 52.4 Å². The number of hydrogen-bond acceptors (Lipinski definition) is 4. The van der Waals surface area contributed by atoms with Crippen molar-refractivity contribution in [1.82, 2.24) is 14.6 Å². The molecule has 0 aliphatic heterocycles. The lowest BCUT2D eigenvalue weighted by atomic mass is 10.2. The van der Waals surface area contributed by atoms with Crippen LogP contribution in [0.25, 0.3) is 21.9 Å². The largest absolute Gasteiger partial charge is 0.497 e. The number of fused-ring (bicyclic) bond motifs is 3. The lowest BCUT2D eigenvalue weighted by Gasteiger charge is -2.03. The van der Waals surface area contributed by atoms with E-state index in [9.17, 15) is 9.18 Å². The standard InChI is InChI=1S/C19H15FN4O2/c1-11-22-17-14-9-13(26-2)7-8-16(14)23-18(17)19(25)24(11)21-10-12-5-3-4-6-15(12)20/h3-10,23H,1-2H3. The second-order valence-electron chi connectivity index (χ2n) is 5.80. The van der Waals surface area contributed by atoms with Crippen molar-refractivity contribution in [2.45, 2.75) is 6.92 Å². The van der Waals surface area contributed by atoms with Crippen molar-refractivity contribution in [2.75, 3.05) is 7.11 Å². The number of H-pyrrole nitrogens is 1. The monoisotopic (exact) mass is 350 g/mol. The third kappa shape index (κ3) is 2.54. The number of halogens is 1. The molecule has 0 aliphatic carbocycles. The molecule has 6 nitrogen and oxygen atoms in total. The van der Waals surface area contributed by atoms with Gasteiger partial charge in [0.1, 0.15) is 28.4 Å². The molecule has 26 heavy (non-hydrogen) atoms. The third-order valence-corrected chi connectivity index (χ3v) is 4.18. The van der Waals surface area contributed by atoms with Crippen LogP contribution >= 0.6 is 0 Å². The highest BCUT2D eigenvalue weighted by molar-refractivity contribution is 6.05. The summed E-state index contributed by atoms with van der Waals surface area (Å²) in [4.78, 5) is 20.4. The van der Waals surface area contributed by atoms with E-state index < -0.39 is 5.82 Å². The second kappa shape index (κ2) is 6.11. The minimum Gasteiger partial charge on any atom is -0.497 e. The fourth-order valence-electron chi connectivity index (χ4n) is 2.85. The van der Waals surface area contributed by atoms with Crippen molar-refractivity contribution in [2.24, 2.45) is 5.10 Å². The molecule has 0 saturated carbocycles. The third-order valence-electron chi connectivity index (χ3n) is 4.18. The Hall–Kier alpha value is -3.48. The summed E-state index contributed by atoms with van der Waals surface area (Å²) < 4.78 is 20.1. The molecule has 0 fully saturated rings. The summed E-state index contributed by atoms with van der Waals surface area (Å²) in [5.41, 5.74) is 1.61. The van der Waals surface area contributed by atoms with Crippen LogP contribution in [0, 0.1) is 12.7 Å². The number of ether oxygens (including phenoxy) is 1. The quantitative estimate of drug-likeness (QED) is 0.577. The molecule has 0 amide bonds. The first kappa shape index (κ1) is 16.0. The Morgan fingerprint density at radius 1 is 1.27 bits per heavy atom. The van der Waals surface area contributed by atoms with Gasteiger partial charge in [-0.3, -0.25) is 4.79 Å². The van der Waals surface area contributed by atoms with Crippen LogP contribution in [0.3, 0.4) is 0 Å². The van der Waals surface area contributed by atoms with Gasteiger partial charge in [0.15, 0.2) is 0 Å². The minimum absolute atomic E-state index is 0.292. The molecule has 2 aromatic heterocycles. The first-order valence-electron chi connectivity index (χ1n) is 7.96. The molecule has 2 aromatic carbocycles. The number of nitrogens with zero attached hydrogens (tertiary/aromatic N) is 3. The number of hydrogen-bond donors (Lipinski definition) is 1. The highest BCUT2D eigenvalue weighted by Gasteiger charge is 2.14. The van der Waals surface area contributed by atoms with Crippen molar-refractivity contribution in [3.8, 4) is 5.75 Å². The number of methoxy groups -OCH3 is 1. The van der Waals surface area contributed by atoms with Gasteiger partial charge in [0.25, 0.3) is 5.56 Å². The normalized spacial score (nSPS) is 11.7. The maximum Gasteiger partial charge on any atom is 0.298 e. The number of aromatic amines is 1. The summed E-state index contributed by atoms with van der Waals surface area (Å²) in [5, 5.41) is 4.92.